The molecule has 4 rings (SSSR count). The number of hydrogen-bond donors (Lipinski definition) is 1. The second-order valence-corrected chi connectivity index (χ2v) is 10.2. The summed E-state index contributed by atoms with van der Waals surface area (Å²) >= 11 is 1.37. The molecule has 34 heavy (non-hydrogen) atoms. The summed E-state index contributed by atoms with van der Waals surface area (Å²) < 4.78 is 32.1. The van der Waals surface area contributed by atoms with E-state index < -0.39 is 10.0 Å². The Morgan fingerprint density at radius 3 is 2.32 bits per heavy atom. The molecule has 4 aromatic rings. The van der Waals surface area contributed by atoms with Crippen molar-refractivity contribution >= 4 is 27.6 Å². The van der Waals surface area contributed by atoms with Crippen molar-refractivity contribution in [2.75, 3.05) is 12.9 Å². The molecule has 0 aliphatic rings. The molecule has 2 aromatic carbocycles. The van der Waals surface area contributed by atoms with Gasteiger partial charge in [-0.25, -0.2) is 18.5 Å². The van der Waals surface area contributed by atoms with E-state index in [0.29, 0.717) is 10.7 Å². The fourth-order valence-corrected chi connectivity index (χ4v) is 5.14. The van der Waals surface area contributed by atoms with Gasteiger partial charge in [0.05, 0.1) is 17.8 Å². The summed E-state index contributed by atoms with van der Waals surface area (Å²) in [5, 5.41) is 5.90. The smallest absolute Gasteiger partial charge is 0.238 e. The van der Waals surface area contributed by atoms with Crippen LogP contribution in [0.15, 0.2) is 77.0 Å². The summed E-state index contributed by atoms with van der Waals surface area (Å²) in [5.74, 6) is 0.972. The summed E-state index contributed by atoms with van der Waals surface area (Å²) in [4.78, 5) is 17.5. The number of aromatic nitrogens is 3. The molecular weight excluding hydrogens is 472 g/mol. The van der Waals surface area contributed by atoms with Crippen LogP contribution in [-0.2, 0) is 10.0 Å². The highest BCUT2D eigenvalue weighted by molar-refractivity contribution is 7.99. The molecule has 0 aliphatic heterocycles. The average Bonchev–Trinajstić information content (AvgIpc) is 3.41. The topological polar surface area (TPSA) is 109 Å². The van der Waals surface area contributed by atoms with Crippen molar-refractivity contribution in [1.82, 2.24) is 14.1 Å². The van der Waals surface area contributed by atoms with Crippen LogP contribution in [0.4, 0.5) is 0 Å². The van der Waals surface area contributed by atoms with Gasteiger partial charge in [0.25, 0.3) is 0 Å². The van der Waals surface area contributed by atoms with Crippen LogP contribution in [0.1, 0.15) is 21.7 Å². The first-order valence-electron chi connectivity index (χ1n) is 10.3. The number of hydrogen-bond acceptors (Lipinski definition) is 6. The molecule has 0 saturated heterocycles. The molecular formula is C24H24N4O4S2. The molecule has 176 valence electrons. The van der Waals surface area contributed by atoms with Crippen molar-refractivity contribution in [3.63, 3.8) is 0 Å². The van der Waals surface area contributed by atoms with E-state index in [2.05, 4.69) is 4.98 Å². The maximum Gasteiger partial charge on any atom is 0.238 e. The Morgan fingerprint density at radius 2 is 1.71 bits per heavy atom. The second-order valence-electron chi connectivity index (χ2n) is 7.65. The first-order valence-corrected chi connectivity index (χ1v) is 12.9. The third kappa shape index (κ3) is 4.79. The van der Waals surface area contributed by atoms with Gasteiger partial charge >= 0.3 is 0 Å². The summed E-state index contributed by atoms with van der Waals surface area (Å²) in [5.41, 5.74) is 3.94. The van der Waals surface area contributed by atoms with Crippen LogP contribution in [0.5, 0.6) is 5.75 Å². The zero-order valence-corrected chi connectivity index (χ0v) is 20.6. The SMILES string of the molecule is COc1ccc(-n2ccnc2SCC(=O)c2cc(C)n(-c3ccc(S(N)(=O)=O)cc3)c2C)cc1. The number of carbonyl (C=O) groups is 1. The molecule has 0 aliphatic carbocycles. The van der Waals surface area contributed by atoms with Crippen molar-refractivity contribution in [3.05, 3.63) is 83.9 Å². The van der Waals surface area contributed by atoms with Gasteiger partial charge in [-0.3, -0.25) is 9.36 Å². The second kappa shape index (κ2) is 9.49. The number of rotatable bonds is 8. The Hall–Kier alpha value is -3.34. The van der Waals surface area contributed by atoms with E-state index >= 15 is 0 Å². The predicted octanol–water partition coefficient (Wildman–Crippen LogP) is 3.91. The minimum Gasteiger partial charge on any atom is -0.497 e. The van der Waals surface area contributed by atoms with Gasteiger partial charge in [0, 0.05) is 40.7 Å². The predicted molar refractivity (Wildman–Crippen MR) is 132 cm³/mol. The lowest BCUT2D eigenvalue weighted by atomic mass is 10.2. The number of nitrogens with zero attached hydrogens (tertiary/aromatic N) is 3. The number of carbonyl (C=O) groups excluding carboxylic acids is 1. The van der Waals surface area contributed by atoms with Crippen LogP contribution in [0, 0.1) is 13.8 Å². The summed E-state index contributed by atoms with van der Waals surface area (Å²) in [6.45, 7) is 3.78. The van der Waals surface area contributed by atoms with Crippen molar-refractivity contribution in [2.45, 2.75) is 23.9 Å². The summed E-state index contributed by atoms with van der Waals surface area (Å²) in [6, 6.07) is 15.7. The Labute approximate surface area is 202 Å². The molecule has 10 heteroatoms. The Bertz CT molecular complexity index is 1440. The largest absolute Gasteiger partial charge is 0.497 e. The van der Waals surface area contributed by atoms with E-state index in [1.54, 1.807) is 25.4 Å². The van der Waals surface area contributed by atoms with E-state index in [-0.39, 0.29) is 16.4 Å². The number of primary sulfonamides is 1. The van der Waals surface area contributed by atoms with Crippen LogP contribution in [-0.4, -0.2) is 41.2 Å². The van der Waals surface area contributed by atoms with Crippen molar-refractivity contribution < 1.29 is 17.9 Å². The molecule has 0 amide bonds. The molecule has 0 unspecified atom stereocenters. The number of imidazole rings is 1. The van der Waals surface area contributed by atoms with Crippen molar-refractivity contribution in [2.24, 2.45) is 5.14 Å². The number of Topliss-reactive ketones (excluding diaryl/α,β-unsaturated/α-hetero) is 1. The molecule has 8 nitrogen and oxygen atoms in total. The third-order valence-electron chi connectivity index (χ3n) is 5.44. The molecule has 0 radical (unpaired) electrons. The lowest BCUT2D eigenvalue weighted by Crippen LogP contribution is -2.12. The van der Waals surface area contributed by atoms with E-state index in [1.807, 2.05) is 59.5 Å². The van der Waals surface area contributed by atoms with Crippen LogP contribution in [0.25, 0.3) is 11.4 Å². The van der Waals surface area contributed by atoms with Gasteiger partial charge in [0.1, 0.15) is 5.75 Å². The minimum absolute atomic E-state index is 0.0187. The first kappa shape index (κ1) is 23.8. The normalized spacial score (nSPS) is 11.5. The van der Waals surface area contributed by atoms with Crippen LogP contribution in [0.3, 0.4) is 0 Å². The van der Waals surface area contributed by atoms with Gasteiger partial charge in [0.2, 0.25) is 10.0 Å². The lowest BCUT2D eigenvalue weighted by Gasteiger charge is -2.11. The zero-order valence-electron chi connectivity index (χ0n) is 18.9. The monoisotopic (exact) mass is 496 g/mol. The van der Waals surface area contributed by atoms with Gasteiger partial charge < -0.3 is 9.30 Å². The fourth-order valence-electron chi connectivity index (χ4n) is 3.77. The number of methoxy groups -OCH3 is 1. The number of nitrogens with two attached hydrogens (primary N) is 1. The van der Waals surface area contributed by atoms with Gasteiger partial charge in [0.15, 0.2) is 10.9 Å². The summed E-state index contributed by atoms with van der Waals surface area (Å²) in [6.07, 6.45) is 3.56. The molecule has 2 aromatic heterocycles. The highest BCUT2D eigenvalue weighted by atomic mass is 32.2. The lowest BCUT2D eigenvalue weighted by molar-refractivity contribution is 0.102. The van der Waals surface area contributed by atoms with E-state index in [0.717, 1.165) is 28.5 Å². The standard InChI is InChI=1S/C24H24N4O4S2/c1-16-14-22(17(2)28(16)19-6-10-21(11-7-19)34(25,30)31)23(29)15-33-24-26-12-13-27(24)18-4-8-20(32-3)9-5-18/h4-14H,15H2,1-3H3,(H2,25,30,31). The maximum absolute atomic E-state index is 13.1. The molecule has 0 fully saturated rings. The van der Waals surface area contributed by atoms with E-state index in [9.17, 15) is 13.2 Å². The van der Waals surface area contributed by atoms with Crippen LogP contribution < -0.4 is 9.88 Å². The number of ether oxygens (including phenoxy) is 1. The average molecular weight is 497 g/mol. The quantitative estimate of drug-likeness (QED) is 0.293. The number of aryl methyl sites for hydroxylation is 1. The third-order valence-corrected chi connectivity index (χ3v) is 7.34. The number of sulfonamides is 1. The highest BCUT2D eigenvalue weighted by Gasteiger charge is 2.18. The van der Waals surface area contributed by atoms with Gasteiger partial charge in [-0.05, 0) is 68.4 Å². The molecule has 0 saturated carbocycles. The van der Waals surface area contributed by atoms with E-state index in [1.165, 1.54) is 23.9 Å². The van der Waals surface area contributed by atoms with Gasteiger partial charge in [-0.1, -0.05) is 11.8 Å². The van der Waals surface area contributed by atoms with Crippen LogP contribution >= 0.6 is 11.8 Å². The molecule has 0 bridgehead atoms. The van der Waals surface area contributed by atoms with Crippen molar-refractivity contribution in [3.8, 4) is 17.1 Å². The Balaban J connectivity index is 1.53. The minimum atomic E-state index is -3.77. The molecule has 2 heterocycles. The van der Waals surface area contributed by atoms with Crippen LogP contribution in [0.2, 0.25) is 0 Å². The number of benzene rings is 2. The van der Waals surface area contributed by atoms with Gasteiger partial charge in [-0.15, -0.1) is 0 Å². The highest BCUT2D eigenvalue weighted by Crippen LogP contribution is 2.26. The Morgan fingerprint density at radius 1 is 1.06 bits per heavy atom. The Kier molecular flexibility index (Phi) is 6.65. The first-order chi connectivity index (χ1) is 16.2. The maximum atomic E-state index is 13.1. The van der Waals surface area contributed by atoms with Crippen molar-refractivity contribution in [1.29, 1.82) is 0 Å². The molecule has 0 spiro atoms. The molecule has 0 atom stereocenters. The molecule has 2 N–H and O–H groups in total. The number of ketones is 1. The van der Waals surface area contributed by atoms with E-state index in [4.69, 9.17) is 9.88 Å². The number of thioether (sulfide) groups is 1. The van der Waals surface area contributed by atoms with Gasteiger partial charge in [-0.2, -0.15) is 0 Å². The zero-order chi connectivity index (χ0) is 24.5. The summed E-state index contributed by atoms with van der Waals surface area (Å²) in [7, 11) is -2.15. The fraction of sp³-hybridized carbons (Fsp3) is 0.167.